The Bertz CT molecular complexity index is 637. The van der Waals surface area contributed by atoms with Gasteiger partial charge in [0.2, 0.25) is 0 Å². The zero-order valence-corrected chi connectivity index (χ0v) is 12.1. The lowest BCUT2D eigenvalue weighted by molar-refractivity contribution is 0.224. The second-order valence-electron chi connectivity index (χ2n) is 5.30. The summed E-state index contributed by atoms with van der Waals surface area (Å²) in [6, 6.07) is 15.1. The Kier molecular flexibility index (Phi) is 3.02. The minimum atomic E-state index is -0.0631. The van der Waals surface area contributed by atoms with Crippen LogP contribution in [0.2, 0.25) is 0 Å². The Labute approximate surface area is 118 Å². The van der Waals surface area contributed by atoms with E-state index in [2.05, 4.69) is 54.3 Å². The van der Waals surface area contributed by atoms with Gasteiger partial charge >= 0.3 is 0 Å². The fourth-order valence-electron chi connectivity index (χ4n) is 2.70. The maximum atomic E-state index is 8.05. The Morgan fingerprint density at radius 3 is 2.68 bits per heavy atom. The van der Waals surface area contributed by atoms with Gasteiger partial charge in [0.1, 0.15) is 0 Å². The second kappa shape index (κ2) is 4.57. The van der Waals surface area contributed by atoms with Crippen LogP contribution in [0.4, 0.5) is 0 Å². The smallest absolute Gasteiger partial charge is 0.156 e. The zero-order valence-electron chi connectivity index (χ0n) is 11.3. The summed E-state index contributed by atoms with van der Waals surface area (Å²) in [6.45, 7) is 2.24. The number of rotatable bonds is 1. The van der Waals surface area contributed by atoms with Gasteiger partial charge in [-0.15, -0.1) is 0 Å². The highest BCUT2D eigenvalue weighted by Crippen LogP contribution is 2.38. The van der Waals surface area contributed by atoms with Gasteiger partial charge in [-0.25, -0.2) is 0 Å². The molecule has 0 bridgehead atoms. The molecular weight excluding hydrogens is 252 g/mol. The number of nitrogens with one attached hydrogen (secondary N) is 1. The summed E-state index contributed by atoms with van der Waals surface area (Å²) < 4.78 is 0. The standard InChI is InChI=1S/C16H18N2S/c1-16(9-10-19-15(17)18(16)2)14-8-7-12-5-3-4-6-13(12)11-14/h3-8,11,17H,9-10H2,1-2H3. The van der Waals surface area contributed by atoms with Crippen LogP contribution in [0.3, 0.4) is 0 Å². The molecule has 1 heterocycles. The molecule has 1 fully saturated rings. The molecular formula is C16H18N2S. The van der Waals surface area contributed by atoms with Crippen molar-refractivity contribution in [3.63, 3.8) is 0 Å². The van der Waals surface area contributed by atoms with Gasteiger partial charge < -0.3 is 4.90 Å². The lowest BCUT2D eigenvalue weighted by Crippen LogP contribution is -2.47. The van der Waals surface area contributed by atoms with Crippen molar-refractivity contribution in [3.05, 3.63) is 48.0 Å². The average Bonchev–Trinajstić information content (AvgIpc) is 2.44. The van der Waals surface area contributed by atoms with E-state index in [9.17, 15) is 0 Å². The summed E-state index contributed by atoms with van der Waals surface area (Å²) in [6.07, 6.45) is 1.08. The van der Waals surface area contributed by atoms with Gasteiger partial charge in [-0.1, -0.05) is 48.2 Å². The number of hydrogen-bond donors (Lipinski definition) is 1. The van der Waals surface area contributed by atoms with E-state index in [0.717, 1.165) is 12.2 Å². The van der Waals surface area contributed by atoms with Crippen molar-refractivity contribution in [2.75, 3.05) is 12.8 Å². The molecule has 3 rings (SSSR count). The zero-order chi connectivity index (χ0) is 13.5. The van der Waals surface area contributed by atoms with Crippen LogP contribution in [0.1, 0.15) is 18.9 Å². The summed E-state index contributed by atoms with van der Waals surface area (Å²) >= 11 is 1.64. The van der Waals surface area contributed by atoms with Gasteiger partial charge in [0.15, 0.2) is 5.17 Å². The summed E-state index contributed by atoms with van der Waals surface area (Å²) in [5.41, 5.74) is 1.24. The lowest BCUT2D eigenvalue weighted by Gasteiger charge is -2.44. The highest BCUT2D eigenvalue weighted by Gasteiger charge is 2.36. The van der Waals surface area contributed by atoms with Gasteiger partial charge in [-0.3, -0.25) is 5.41 Å². The van der Waals surface area contributed by atoms with Crippen molar-refractivity contribution in [2.24, 2.45) is 0 Å². The van der Waals surface area contributed by atoms with Crippen molar-refractivity contribution in [2.45, 2.75) is 18.9 Å². The van der Waals surface area contributed by atoms with Gasteiger partial charge in [0.25, 0.3) is 0 Å². The van der Waals surface area contributed by atoms with E-state index in [1.54, 1.807) is 11.8 Å². The molecule has 2 aromatic rings. The molecule has 2 nitrogen and oxygen atoms in total. The summed E-state index contributed by atoms with van der Waals surface area (Å²) in [7, 11) is 2.03. The first-order chi connectivity index (χ1) is 9.11. The first kappa shape index (κ1) is 12.5. The monoisotopic (exact) mass is 270 g/mol. The normalized spacial score (nSPS) is 23.9. The molecule has 1 unspecified atom stereocenters. The maximum absolute atomic E-state index is 8.05. The molecule has 19 heavy (non-hydrogen) atoms. The molecule has 1 aliphatic rings. The number of nitrogens with zero attached hydrogens (tertiary/aromatic N) is 1. The quantitative estimate of drug-likeness (QED) is 0.846. The van der Waals surface area contributed by atoms with E-state index in [4.69, 9.17) is 5.41 Å². The van der Waals surface area contributed by atoms with Gasteiger partial charge in [-0.05, 0) is 35.7 Å². The minimum absolute atomic E-state index is 0.0631. The SMILES string of the molecule is CN1C(=N)SCCC1(C)c1ccc2ccccc2c1. The van der Waals surface area contributed by atoms with Crippen LogP contribution in [-0.2, 0) is 5.54 Å². The van der Waals surface area contributed by atoms with Crippen LogP contribution in [0.25, 0.3) is 10.8 Å². The fourth-order valence-corrected chi connectivity index (χ4v) is 3.79. The van der Waals surface area contributed by atoms with E-state index < -0.39 is 0 Å². The van der Waals surface area contributed by atoms with E-state index in [1.807, 2.05) is 7.05 Å². The van der Waals surface area contributed by atoms with Gasteiger partial charge in [-0.2, -0.15) is 0 Å². The van der Waals surface area contributed by atoms with Crippen LogP contribution >= 0.6 is 11.8 Å². The number of fused-ring (bicyclic) bond motifs is 1. The molecule has 1 aliphatic heterocycles. The molecule has 0 radical (unpaired) electrons. The molecule has 98 valence electrons. The Balaban J connectivity index is 2.09. The first-order valence-corrected chi connectivity index (χ1v) is 7.54. The van der Waals surface area contributed by atoms with E-state index >= 15 is 0 Å². The summed E-state index contributed by atoms with van der Waals surface area (Å²) in [5.74, 6) is 1.02. The van der Waals surface area contributed by atoms with Crippen LogP contribution in [-0.4, -0.2) is 22.9 Å². The minimum Gasteiger partial charge on any atom is -0.345 e. The number of hydrogen-bond acceptors (Lipinski definition) is 2. The molecule has 1 atom stereocenters. The molecule has 0 amide bonds. The van der Waals surface area contributed by atoms with Crippen LogP contribution in [0.15, 0.2) is 42.5 Å². The molecule has 0 spiro atoms. The maximum Gasteiger partial charge on any atom is 0.156 e. The van der Waals surface area contributed by atoms with Crippen LogP contribution in [0, 0.1) is 5.41 Å². The first-order valence-electron chi connectivity index (χ1n) is 6.56. The van der Waals surface area contributed by atoms with Crippen molar-refractivity contribution in [1.29, 1.82) is 5.41 Å². The number of benzene rings is 2. The van der Waals surface area contributed by atoms with Crippen LogP contribution in [0.5, 0.6) is 0 Å². The van der Waals surface area contributed by atoms with Crippen molar-refractivity contribution >= 4 is 27.7 Å². The van der Waals surface area contributed by atoms with Gasteiger partial charge in [0.05, 0.1) is 5.54 Å². The second-order valence-corrected chi connectivity index (χ2v) is 6.38. The molecule has 1 N–H and O–H groups in total. The fraction of sp³-hybridized carbons (Fsp3) is 0.312. The highest BCUT2D eigenvalue weighted by molar-refractivity contribution is 8.13. The molecule has 1 saturated heterocycles. The third kappa shape index (κ3) is 2.02. The summed E-state index contributed by atoms with van der Waals surface area (Å²) in [4.78, 5) is 2.10. The molecule has 0 saturated carbocycles. The van der Waals surface area contributed by atoms with Crippen LogP contribution < -0.4 is 0 Å². The Morgan fingerprint density at radius 1 is 1.16 bits per heavy atom. The molecule has 2 aromatic carbocycles. The lowest BCUT2D eigenvalue weighted by atomic mass is 9.86. The number of amidine groups is 1. The third-order valence-corrected chi connectivity index (χ3v) is 5.20. The van der Waals surface area contributed by atoms with Crippen molar-refractivity contribution in [3.8, 4) is 0 Å². The Hall–Kier alpha value is -1.48. The topological polar surface area (TPSA) is 27.1 Å². The third-order valence-electron chi connectivity index (χ3n) is 4.24. The van der Waals surface area contributed by atoms with Crippen molar-refractivity contribution < 1.29 is 0 Å². The number of thioether (sulfide) groups is 1. The molecule has 0 aliphatic carbocycles. The molecule has 0 aromatic heterocycles. The predicted molar refractivity (Wildman–Crippen MR) is 83.9 cm³/mol. The van der Waals surface area contributed by atoms with E-state index in [-0.39, 0.29) is 5.54 Å². The van der Waals surface area contributed by atoms with Crippen molar-refractivity contribution in [1.82, 2.24) is 4.90 Å². The summed E-state index contributed by atoms with van der Waals surface area (Å²) in [5, 5.41) is 11.3. The van der Waals surface area contributed by atoms with Gasteiger partial charge in [0, 0.05) is 12.8 Å². The van der Waals surface area contributed by atoms with E-state index in [1.165, 1.54) is 16.3 Å². The predicted octanol–water partition coefficient (Wildman–Crippen LogP) is 4.06. The average molecular weight is 270 g/mol. The van der Waals surface area contributed by atoms with E-state index in [0.29, 0.717) is 5.17 Å². The largest absolute Gasteiger partial charge is 0.345 e. The molecule has 3 heteroatoms. The highest BCUT2D eigenvalue weighted by atomic mass is 32.2. The Morgan fingerprint density at radius 2 is 1.89 bits per heavy atom.